The van der Waals surface area contributed by atoms with Gasteiger partial charge in [0.25, 0.3) is 0 Å². The highest BCUT2D eigenvalue weighted by molar-refractivity contribution is 7.15. The molecule has 0 spiro atoms. The molecule has 1 aromatic rings. The summed E-state index contributed by atoms with van der Waals surface area (Å²) in [6.45, 7) is 1.69. The van der Waals surface area contributed by atoms with Crippen LogP contribution >= 0.6 is 22.9 Å². The van der Waals surface area contributed by atoms with Crippen LogP contribution in [0.25, 0.3) is 0 Å². The lowest BCUT2D eigenvalue weighted by molar-refractivity contribution is 0.192. The number of halogens is 1. The lowest BCUT2D eigenvalue weighted by atomic mass is 10.0. The zero-order valence-corrected chi connectivity index (χ0v) is 11.1. The Bertz CT molecular complexity index is 342. The number of rotatable bonds is 4. The van der Waals surface area contributed by atoms with Gasteiger partial charge >= 0.3 is 0 Å². The van der Waals surface area contributed by atoms with E-state index >= 15 is 0 Å². The Morgan fingerprint density at radius 1 is 1.62 bits per heavy atom. The van der Waals surface area contributed by atoms with Gasteiger partial charge in [-0.05, 0) is 32.4 Å². The Balaban J connectivity index is 1.94. The van der Waals surface area contributed by atoms with Gasteiger partial charge < -0.3 is 5.73 Å². The molecule has 0 saturated heterocycles. The minimum Gasteiger partial charge on any atom is -0.330 e. The summed E-state index contributed by atoms with van der Waals surface area (Å²) in [7, 11) is 2.16. The molecule has 90 valence electrons. The molecule has 0 aromatic carbocycles. The standard InChI is InChI=1S/C11H18ClN3S/c1-15(7-11-14-6-10(12)16-11)9-4-2-3-8(9)5-13/h6,8-9H,2-5,7,13H2,1H3. The monoisotopic (exact) mass is 259 g/mol. The van der Waals surface area contributed by atoms with E-state index in [0.717, 1.165) is 22.4 Å². The number of hydrogen-bond donors (Lipinski definition) is 1. The molecule has 0 bridgehead atoms. The molecule has 1 aliphatic rings. The van der Waals surface area contributed by atoms with Crippen LogP contribution in [0.4, 0.5) is 0 Å². The summed E-state index contributed by atoms with van der Waals surface area (Å²) in [6.07, 6.45) is 5.56. The molecule has 2 N–H and O–H groups in total. The van der Waals surface area contributed by atoms with Crippen molar-refractivity contribution in [2.24, 2.45) is 11.7 Å². The third-order valence-corrected chi connectivity index (χ3v) is 4.50. The maximum atomic E-state index is 5.88. The quantitative estimate of drug-likeness (QED) is 0.903. The summed E-state index contributed by atoms with van der Waals surface area (Å²) in [5.41, 5.74) is 5.80. The minimum atomic E-state index is 0.618. The first kappa shape index (κ1) is 12.3. The summed E-state index contributed by atoms with van der Waals surface area (Å²) in [5.74, 6) is 0.653. The second-order valence-electron chi connectivity index (χ2n) is 4.47. The fraction of sp³-hybridized carbons (Fsp3) is 0.727. The molecule has 1 aromatic heterocycles. The Labute approximate surface area is 106 Å². The molecular formula is C11H18ClN3S. The van der Waals surface area contributed by atoms with Gasteiger partial charge in [-0.15, -0.1) is 11.3 Å². The van der Waals surface area contributed by atoms with E-state index in [1.165, 1.54) is 19.3 Å². The van der Waals surface area contributed by atoms with Crippen molar-refractivity contribution >= 4 is 22.9 Å². The first-order chi connectivity index (χ1) is 7.70. The van der Waals surface area contributed by atoms with Crippen LogP contribution < -0.4 is 5.73 Å². The zero-order chi connectivity index (χ0) is 11.5. The van der Waals surface area contributed by atoms with Crippen molar-refractivity contribution in [3.63, 3.8) is 0 Å². The van der Waals surface area contributed by atoms with Crippen LogP contribution in [-0.2, 0) is 6.54 Å². The average Bonchev–Trinajstić information content (AvgIpc) is 2.86. The van der Waals surface area contributed by atoms with E-state index in [0.29, 0.717) is 12.0 Å². The van der Waals surface area contributed by atoms with Crippen molar-refractivity contribution in [1.29, 1.82) is 0 Å². The topological polar surface area (TPSA) is 42.2 Å². The highest BCUT2D eigenvalue weighted by Crippen LogP contribution is 2.30. The van der Waals surface area contributed by atoms with Crippen LogP contribution in [0.2, 0.25) is 4.34 Å². The van der Waals surface area contributed by atoms with Gasteiger partial charge in [-0.1, -0.05) is 18.0 Å². The van der Waals surface area contributed by atoms with Crippen LogP contribution in [0.3, 0.4) is 0 Å². The van der Waals surface area contributed by atoms with Crippen LogP contribution in [-0.4, -0.2) is 29.5 Å². The van der Waals surface area contributed by atoms with Crippen LogP contribution in [0, 0.1) is 5.92 Å². The van der Waals surface area contributed by atoms with E-state index in [1.54, 1.807) is 17.5 Å². The van der Waals surface area contributed by atoms with Gasteiger partial charge in [-0.25, -0.2) is 4.98 Å². The second-order valence-corrected chi connectivity index (χ2v) is 6.21. The predicted octanol–water partition coefficient (Wildman–Crippen LogP) is 2.36. The van der Waals surface area contributed by atoms with Crippen molar-refractivity contribution in [3.8, 4) is 0 Å². The highest BCUT2D eigenvalue weighted by atomic mass is 35.5. The number of aromatic nitrogens is 1. The molecule has 1 heterocycles. The minimum absolute atomic E-state index is 0.618. The number of nitrogens with zero attached hydrogens (tertiary/aromatic N) is 2. The maximum Gasteiger partial charge on any atom is 0.113 e. The Morgan fingerprint density at radius 2 is 2.44 bits per heavy atom. The largest absolute Gasteiger partial charge is 0.330 e. The molecule has 1 saturated carbocycles. The summed E-state index contributed by atoms with van der Waals surface area (Å²) < 4.78 is 0.769. The van der Waals surface area contributed by atoms with Gasteiger partial charge in [0.2, 0.25) is 0 Å². The van der Waals surface area contributed by atoms with E-state index < -0.39 is 0 Å². The third-order valence-electron chi connectivity index (χ3n) is 3.40. The van der Waals surface area contributed by atoms with E-state index in [2.05, 4.69) is 16.9 Å². The Kier molecular flexibility index (Phi) is 4.19. The van der Waals surface area contributed by atoms with Gasteiger partial charge in [0.05, 0.1) is 12.7 Å². The van der Waals surface area contributed by atoms with Crippen LogP contribution in [0.1, 0.15) is 24.3 Å². The normalized spacial score (nSPS) is 25.5. The molecule has 16 heavy (non-hydrogen) atoms. The zero-order valence-electron chi connectivity index (χ0n) is 9.53. The van der Waals surface area contributed by atoms with Crippen molar-refractivity contribution in [3.05, 3.63) is 15.5 Å². The Hall–Kier alpha value is -0.160. The molecule has 0 amide bonds. The fourth-order valence-corrected chi connectivity index (χ4v) is 3.58. The van der Waals surface area contributed by atoms with Crippen molar-refractivity contribution in [2.45, 2.75) is 31.8 Å². The lowest BCUT2D eigenvalue weighted by Crippen LogP contribution is -2.37. The summed E-state index contributed by atoms with van der Waals surface area (Å²) in [5, 5.41) is 1.09. The molecule has 0 aliphatic heterocycles. The van der Waals surface area contributed by atoms with Crippen LogP contribution in [0.5, 0.6) is 0 Å². The second kappa shape index (κ2) is 5.45. The molecule has 5 heteroatoms. The van der Waals surface area contributed by atoms with Gasteiger partial charge in [0.1, 0.15) is 9.34 Å². The Morgan fingerprint density at radius 3 is 3.06 bits per heavy atom. The first-order valence-corrected chi connectivity index (χ1v) is 6.90. The molecule has 1 fully saturated rings. The molecule has 2 unspecified atom stereocenters. The number of thiazole rings is 1. The van der Waals surface area contributed by atoms with Crippen molar-refractivity contribution in [1.82, 2.24) is 9.88 Å². The average molecular weight is 260 g/mol. The maximum absolute atomic E-state index is 5.88. The smallest absolute Gasteiger partial charge is 0.113 e. The SMILES string of the molecule is CN(Cc1ncc(Cl)s1)C1CCCC1CN. The van der Waals surface area contributed by atoms with Gasteiger partial charge in [0.15, 0.2) is 0 Å². The molecule has 2 rings (SSSR count). The lowest BCUT2D eigenvalue weighted by Gasteiger charge is -2.28. The summed E-state index contributed by atoms with van der Waals surface area (Å²) >= 11 is 7.44. The molecular weight excluding hydrogens is 242 g/mol. The molecule has 2 atom stereocenters. The molecule has 0 radical (unpaired) electrons. The van der Waals surface area contributed by atoms with Crippen molar-refractivity contribution < 1.29 is 0 Å². The van der Waals surface area contributed by atoms with Gasteiger partial charge in [0, 0.05) is 6.04 Å². The van der Waals surface area contributed by atoms with E-state index in [-0.39, 0.29) is 0 Å². The van der Waals surface area contributed by atoms with E-state index in [9.17, 15) is 0 Å². The first-order valence-electron chi connectivity index (χ1n) is 5.71. The van der Waals surface area contributed by atoms with E-state index in [1.807, 2.05) is 0 Å². The highest BCUT2D eigenvalue weighted by Gasteiger charge is 2.29. The summed E-state index contributed by atoms with van der Waals surface area (Å²) in [4.78, 5) is 6.67. The van der Waals surface area contributed by atoms with E-state index in [4.69, 9.17) is 17.3 Å². The summed E-state index contributed by atoms with van der Waals surface area (Å²) in [6, 6.07) is 0.618. The molecule has 3 nitrogen and oxygen atoms in total. The molecule has 1 aliphatic carbocycles. The fourth-order valence-electron chi connectivity index (χ4n) is 2.56. The predicted molar refractivity (Wildman–Crippen MR) is 68.8 cm³/mol. The van der Waals surface area contributed by atoms with Gasteiger partial charge in [-0.3, -0.25) is 4.90 Å². The number of nitrogens with two attached hydrogens (primary N) is 1. The third kappa shape index (κ3) is 2.74. The van der Waals surface area contributed by atoms with Gasteiger partial charge in [-0.2, -0.15) is 0 Å². The van der Waals surface area contributed by atoms with Crippen LogP contribution in [0.15, 0.2) is 6.20 Å². The number of hydrogen-bond acceptors (Lipinski definition) is 4. The van der Waals surface area contributed by atoms with Crippen molar-refractivity contribution in [2.75, 3.05) is 13.6 Å².